The standard InChI is InChI=1S/C45H30N4S/c1-2-11-31(12-3-1)43-46-44(48-45(47-43)37-16-10-20-41-42(37)36-15-6-9-19-40(36)50-41)32-23-21-29(22-24-32)30-25-27-33(28-26-30)49-38-17-7-4-13-34(38)35-14-5-8-18-39(35)49/h1-11,13-28,31H,12H2. The van der Waals surface area contributed by atoms with Crippen molar-refractivity contribution < 1.29 is 0 Å². The molecule has 50 heavy (non-hydrogen) atoms. The predicted molar refractivity (Wildman–Crippen MR) is 209 cm³/mol. The van der Waals surface area contributed by atoms with Gasteiger partial charge in [-0.2, -0.15) is 0 Å². The average Bonchev–Trinajstić information content (AvgIpc) is 3.74. The van der Waals surface area contributed by atoms with Crippen molar-refractivity contribution in [1.29, 1.82) is 0 Å². The summed E-state index contributed by atoms with van der Waals surface area (Å²) in [5.41, 5.74) is 7.89. The summed E-state index contributed by atoms with van der Waals surface area (Å²) in [4.78, 5) is 15.3. The lowest BCUT2D eigenvalue weighted by molar-refractivity contribution is 0.764. The van der Waals surface area contributed by atoms with Crippen LogP contribution in [0.25, 0.3) is 81.6 Å². The van der Waals surface area contributed by atoms with Crippen LogP contribution in [0, 0.1) is 0 Å². The molecule has 10 rings (SSSR count). The van der Waals surface area contributed by atoms with E-state index in [0.717, 1.165) is 40.2 Å². The van der Waals surface area contributed by atoms with Crippen LogP contribution in [0.3, 0.4) is 0 Å². The number of aromatic nitrogens is 4. The van der Waals surface area contributed by atoms with E-state index in [1.807, 2.05) is 11.3 Å². The number of hydrogen-bond donors (Lipinski definition) is 0. The van der Waals surface area contributed by atoms with E-state index < -0.39 is 0 Å². The van der Waals surface area contributed by atoms with Gasteiger partial charge in [-0.1, -0.05) is 127 Å². The quantitative estimate of drug-likeness (QED) is 0.185. The number of para-hydroxylation sites is 2. The van der Waals surface area contributed by atoms with Gasteiger partial charge in [0.15, 0.2) is 11.6 Å². The Morgan fingerprint density at radius 1 is 0.520 bits per heavy atom. The molecule has 9 aromatic rings. The highest BCUT2D eigenvalue weighted by Crippen LogP contribution is 2.40. The molecule has 3 aromatic heterocycles. The number of nitrogens with zero attached hydrogens (tertiary/aromatic N) is 4. The lowest BCUT2D eigenvalue weighted by Gasteiger charge is -2.15. The molecule has 0 saturated carbocycles. The molecule has 1 aliphatic carbocycles. The Hall–Kier alpha value is -6.17. The number of allylic oxidation sites excluding steroid dienone is 4. The van der Waals surface area contributed by atoms with E-state index in [-0.39, 0.29) is 5.92 Å². The smallest absolute Gasteiger partial charge is 0.164 e. The van der Waals surface area contributed by atoms with Crippen LogP contribution in [-0.2, 0) is 0 Å². The van der Waals surface area contributed by atoms with Gasteiger partial charge in [-0.05, 0) is 53.9 Å². The first-order valence-electron chi connectivity index (χ1n) is 17.0. The van der Waals surface area contributed by atoms with Gasteiger partial charge in [0.2, 0.25) is 0 Å². The first-order valence-corrected chi connectivity index (χ1v) is 17.8. The third kappa shape index (κ3) is 4.78. The van der Waals surface area contributed by atoms with Gasteiger partial charge in [0, 0.05) is 53.7 Å². The molecule has 0 bridgehead atoms. The molecule has 6 aromatic carbocycles. The van der Waals surface area contributed by atoms with Gasteiger partial charge >= 0.3 is 0 Å². The third-order valence-electron chi connectivity index (χ3n) is 9.79. The van der Waals surface area contributed by atoms with Crippen LogP contribution < -0.4 is 0 Å². The van der Waals surface area contributed by atoms with E-state index in [1.165, 1.54) is 42.0 Å². The van der Waals surface area contributed by atoms with Crippen LogP contribution in [0.5, 0.6) is 0 Å². The molecule has 0 saturated heterocycles. The fourth-order valence-electron chi connectivity index (χ4n) is 7.36. The predicted octanol–water partition coefficient (Wildman–Crippen LogP) is 11.9. The fraction of sp³-hybridized carbons (Fsp3) is 0.0444. The van der Waals surface area contributed by atoms with Gasteiger partial charge in [0.25, 0.3) is 0 Å². The molecule has 5 heteroatoms. The number of hydrogen-bond acceptors (Lipinski definition) is 4. The second kappa shape index (κ2) is 11.8. The van der Waals surface area contributed by atoms with E-state index in [1.54, 1.807) is 0 Å². The maximum atomic E-state index is 5.14. The molecule has 0 amide bonds. The molecule has 0 aliphatic heterocycles. The molecule has 0 spiro atoms. The average molecular weight is 659 g/mol. The Bertz CT molecular complexity index is 2730. The van der Waals surface area contributed by atoms with Crippen molar-refractivity contribution in [3.05, 3.63) is 170 Å². The number of thiophene rings is 1. The van der Waals surface area contributed by atoms with Crippen LogP contribution in [0.15, 0.2) is 164 Å². The van der Waals surface area contributed by atoms with Crippen LogP contribution in [0.4, 0.5) is 0 Å². The summed E-state index contributed by atoms with van der Waals surface area (Å²) in [6.45, 7) is 0. The minimum Gasteiger partial charge on any atom is -0.309 e. The summed E-state index contributed by atoms with van der Waals surface area (Å²) in [5, 5.41) is 4.98. The molecule has 0 radical (unpaired) electrons. The first kappa shape index (κ1) is 28.8. The molecule has 1 atom stereocenters. The normalized spacial score (nSPS) is 14.4. The third-order valence-corrected chi connectivity index (χ3v) is 10.9. The molecule has 0 fully saturated rings. The molecule has 3 heterocycles. The van der Waals surface area contributed by atoms with E-state index in [0.29, 0.717) is 11.6 Å². The van der Waals surface area contributed by atoms with Crippen molar-refractivity contribution in [3.8, 4) is 39.6 Å². The van der Waals surface area contributed by atoms with Crippen molar-refractivity contribution in [2.45, 2.75) is 12.3 Å². The zero-order chi connectivity index (χ0) is 33.0. The highest BCUT2D eigenvalue weighted by atomic mass is 32.1. The highest BCUT2D eigenvalue weighted by Gasteiger charge is 2.20. The summed E-state index contributed by atoms with van der Waals surface area (Å²) in [6, 6.07) is 49.8. The first-order chi connectivity index (χ1) is 24.8. The van der Waals surface area contributed by atoms with E-state index >= 15 is 0 Å². The lowest BCUT2D eigenvalue weighted by atomic mass is 9.99. The summed E-state index contributed by atoms with van der Waals surface area (Å²) in [6.07, 6.45) is 9.42. The van der Waals surface area contributed by atoms with E-state index in [2.05, 4.69) is 168 Å². The van der Waals surface area contributed by atoms with E-state index in [4.69, 9.17) is 15.0 Å². The van der Waals surface area contributed by atoms with Crippen molar-refractivity contribution in [1.82, 2.24) is 19.5 Å². The zero-order valence-corrected chi connectivity index (χ0v) is 27.9. The summed E-state index contributed by atoms with van der Waals surface area (Å²) < 4.78 is 4.86. The van der Waals surface area contributed by atoms with Gasteiger partial charge < -0.3 is 4.57 Å². The summed E-state index contributed by atoms with van der Waals surface area (Å²) >= 11 is 1.81. The molecule has 1 unspecified atom stereocenters. The maximum Gasteiger partial charge on any atom is 0.164 e. The van der Waals surface area contributed by atoms with Crippen LogP contribution in [-0.4, -0.2) is 19.5 Å². The lowest BCUT2D eigenvalue weighted by Crippen LogP contribution is -2.08. The molecular weight excluding hydrogens is 629 g/mol. The Morgan fingerprint density at radius 2 is 1.14 bits per heavy atom. The monoisotopic (exact) mass is 658 g/mol. The second-order valence-electron chi connectivity index (χ2n) is 12.8. The van der Waals surface area contributed by atoms with Gasteiger partial charge in [-0.15, -0.1) is 11.3 Å². The Morgan fingerprint density at radius 3 is 1.86 bits per heavy atom. The Labute approximate surface area is 293 Å². The van der Waals surface area contributed by atoms with Gasteiger partial charge in [0.1, 0.15) is 5.82 Å². The fourth-order valence-corrected chi connectivity index (χ4v) is 8.49. The minimum absolute atomic E-state index is 0.103. The summed E-state index contributed by atoms with van der Waals surface area (Å²) in [5.74, 6) is 2.31. The summed E-state index contributed by atoms with van der Waals surface area (Å²) in [7, 11) is 0. The maximum absolute atomic E-state index is 5.14. The van der Waals surface area contributed by atoms with Crippen LogP contribution >= 0.6 is 11.3 Å². The van der Waals surface area contributed by atoms with Gasteiger partial charge in [-0.25, -0.2) is 15.0 Å². The molecule has 1 aliphatic rings. The zero-order valence-electron chi connectivity index (χ0n) is 27.1. The molecule has 4 nitrogen and oxygen atoms in total. The number of fused-ring (bicyclic) bond motifs is 6. The molecule has 0 N–H and O–H groups in total. The Balaban J connectivity index is 1.03. The van der Waals surface area contributed by atoms with Crippen LogP contribution in [0.1, 0.15) is 18.2 Å². The largest absolute Gasteiger partial charge is 0.309 e. The van der Waals surface area contributed by atoms with Gasteiger partial charge in [-0.3, -0.25) is 0 Å². The minimum atomic E-state index is 0.103. The van der Waals surface area contributed by atoms with Gasteiger partial charge in [0.05, 0.1) is 11.0 Å². The van der Waals surface area contributed by atoms with Crippen LogP contribution in [0.2, 0.25) is 0 Å². The van der Waals surface area contributed by atoms with Crippen molar-refractivity contribution >= 4 is 53.3 Å². The van der Waals surface area contributed by atoms with Crippen molar-refractivity contribution in [2.24, 2.45) is 0 Å². The number of benzene rings is 6. The Kier molecular flexibility index (Phi) is 6.78. The van der Waals surface area contributed by atoms with E-state index in [9.17, 15) is 0 Å². The topological polar surface area (TPSA) is 43.6 Å². The second-order valence-corrected chi connectivity index (χ2v) is 13.9. The van der Waals surface area contributed by atoms with Crippen molar-refractivity contribution in [2.75, 3.05) is 0 Å². The van der Waals surface area contributed by atoms with Crippen molar-refractivity contribution in [3.63, 3.8) is 0 Å². The SMILES string of the molecule is C1=CCC(c2nc(-c3ccc(-c4ccc(-n5c6ccccc6c6ccccc65)cc4)cc3)nc(-c3cccc4sc5ccccc5c34)n2)C=C1. The molecule has 236 valence electrons. The molecular formula is C45H30N4S. The number of rotatable bonds is 5. The highest BCUT2D eigenvalue weighted by molar-refractivity contribution is 7.25.